The van der Waals surface area contributed by atoms with Crippen LogP contribution in [-0.4, -0.2) is 53.1 Å². The van der Waals surface area contributed by atoms with Gasteiger partial charge < -0.3 is 15.0 Å². The molecule has 0 spiro atoms. The van der Waals surface area contributed by atoms with Crippen molar-refractivity contribution in [2.24, 2.45) is 4.99 Å². The number of hydrogen-bond acceptors (Lipinski definition) is 4. The molecule has 1 atom stereocenters. The lowest BCUT2D eigenvalue weighted by atomic mass is 10.0. The zero-order valence-electron chi connectivity index (χ0n) is 17.5. The highest BCUT2D eigenvalue weighted by molar-refractivity contribution is 14.0. The fraction of sp³-hybridized carbons (Fsp3) is 0.381. The first kappa shape index (κ1) is 24.6. The lowest BCUT2D eigenvalue weighted by Crippen LogP contribution is -2.48. The number of halogens is 1. The molecule has 3 rings (SSSR count). The molecule has 2 aromatic carbocycles. The molecule has 1 heterocycles. The third-order valence-electron chi connectivity index (χ3n) is 5.04. The molecular weight excluding hydrogens is 515 g/mol. The summed E-state index contributed by atoms with van der Waals surface area (Å²) < 4.78 is 32.4. The van der Waals surface area contributed by atoms with Gasteiger partial charge in [-0.05, 0) is 42.8 Å². The van der Waals surface area contributed by atoms with Crippen LogP contribution in [0.15, 0.2) is 58.4 Å². The van der Waals surface area contributed by atoms with E-state index < -0.39 is 10.0 Å². The van der Waals surface area contributed by atoms with Gasteiger partial charge in [0, 0.05) is 20.1 Å². The highest BCUT2D eigenvalue weighted by Gasteiger charge is 2.25. The highest BCUT2D eigenvalue weighted by atomic mass is 127. The quantitative estimate of drug-likeness (QED) is 0.344. The Bertz CT molecular complexity index is 982. The number of aliphatic imine (C=N–C) groups is 1. The van der Waals surface area contributed by atoms with Crippen molar-refractivity contribution in [3.63, 3.8) is 0 Å². The normalized spacial score (nSPS) is 17.4. The van der Waals surface area contributed by atoms with Crippen LogP contribution >= 0.6 is 24.0 Å². The van der Waals surface area contributed by atoms with E-state index in [2.05, 4.69) is 39.0 Å². The number of benzene rings is 2. The van der Waals surface area contributed by atoms with Gasteiger partial charge in [-0.15, -0.1) is 24.0 Å². The van der Waals surface area contributed by atoms with Crippen LogP contribution in [0.3, 0.4) is 0 Å². The number of hydrogen-bond donors (Lipinski definition) is 2. The standard InChI is InChI=1S/C21H28N4O3S.HI/c1-16-7-4-5-10-19(16)20-15-25(11-12-28-20)21(22-2)24-14-17-8-6-9-18(13-17)29(26,27)23-3;/h4-10,13,20,23H,11-12,14-15H2,1-3H3,(H,22,24);1H. The third kappa shape index (κ3) is 5.93. The Morgan fingerprint density at radius 1 is 1.23 bits per heavy atom. The van der Waals surface area contributed by atoms with Crippen LogP contribution in [0.2, 0.25) is 0 Å². The molecule has 7 nitrogen and oxygen atoms in total. The predicted molar refractivity (Wildman–Crippen MR) is 130 cm³/mol. The van der Waals surface area contributed by atoms with Crippen LogP contribution in [0.1, 0.15) is 22.8 Å². The summed E-state index contributed by atoms with van der Waals surface area (Å²) in [4.78, 5) is 6.84. The van der Waals surface area contributed by atoms with Gasteiger partial charge >= 0.3 is 0 Å². The van der Waals surface area contributed by atoms with Crippen LogP contribution in [0.25, 0.3) is 0 Å². The molecule has 1 unspecified atom stereocenters. The Kier molecular flexibility index (Phi) is 9.08. The van der Waals surface area contributed by atoms with E-state index in [4.69, 9.17) is 4.74 Å². The molecule has 0 radical (unpaired) electrons. The number of rotatable bonds is 5. The molecule has 30 heavy (non-hydrogen) atoms. The molecule has 1 fully saturated rings. The maximum Gasteiger partial charge on any atom is 0.240 e. The molecule has 0 aliphatic carbocycles. The molecule has 0 saturated carbocycles. The van der Waals surface area contributed by atoms with Gasteiger partial charge in [0.2, 0.25) is 10.0 Å². The second-order valence-electron chi connectivity index (χ2n) is 6.92. The second-order valence-corrected chi connectivity index (χ2v) is 8.80. The van der Waals surface area contributed by atoms with Crippen LogP contribution in [0.5, 0.6) is 0 Å². The topological polar surface area (TPSA) is 83.0 Å². The van der Waals surface area contributed by atoms with E-state index in [1.54, 1.807) is 25.2 Å². The number of morpholine rings is 1. The third-order valence-corrected chi connectivity index (χ3v) is 6.45. The molecule has 0 amide bonds. The van der Waals surface area contributed by atoms with E-state index in [0.717, 1.165) is 18.1 Å². The summed E-state index contributed by atoms with van der Waals surface area (Å²) in [5.74, 6) is 0.772. The smallest absolute Gasteiger partial charge is 0.240 e. The highest BCUT2D eigenvalue weighted by Crippen LogP contribution is 2.25. The van der Waals surface area contributed by atoms with E-state index in [9.17, 15) is 8.42 Å². The molecule has 1 saturated heterocycles. The first-order chi connectivity index (χ1) is 13.9. The molecule has 9 heteroatoms. The fourth-order valence-corrected chi connectivity index (χ4v) is 4.23. The minimum absolute atomic E-state index is 0. The molecular formula is C21H29IN4O3S. The summed E-state index contributed by atoms with van der Waals surface area (Å²) in [6, 6.07) is 15.1. The van der Waals surface area contributed by atoms with E-state index in [0.29, 0.717) is 19.7 Å². The molecule has 0 aromatic heterocycles. The lowest BCUT2D eigenvalue weighted by molar-refractivity contribution is -0.00834. The van der Waals surface area contributed by atoms with Gasteiger partial charge in [-0.2, -0.15) is 0 Å². The number of aryl methyl sites for hydroxylation is 1. The van der Waals surface area contributed by atoms with Crippen molar-refractivity contribution in [3.8, 4) is 0 Å². The van der Waals surface area contributed by atoms with Gasteiger partial charge in [-0.3, -0.25) is 4.99 Å². The summed E-state index contributed by atoms with van der Waals surface area (Å²) in [6.45, 7) is 4.65. The molecule has 2 aromatic rings. The van der Waals surface area contributed by atoms with Crippen LogP contribution in [0.4, 0.5) is 0 Å². The molecule has 1 aliphatic heterocycles. The Balaban J connectivity index is 0.00000320. The Labute approximate surface area is 196 Å². The summed E-state index contributed by atoms with van der Waals surface area (Å²) in [5.41, 5.74) is 3.27. The SMILES string of the molecule is CN=C(NCc1cccc(S(=O)(=O)NC)c1)N1CCOC(c2ccccc2C)C1.I. The van der Waals surface area contributed by atoms with Crippen LogP contribution in [0, 0.1) is 6.92 Å². The summed E-state index contributed by atoms with van der Waals surface area (Å²) in [5, 5.41) is 3.34. The van der Waals surface area contributed by atoms with E-state index >= 15 is 0 Å². The van der Waals surface area contributed by atoms with Gasteiger partial charge in [0.25, 0.3) is 0 Å². The van der Waals surface area contributed by atoms with Gasteiger partial charge in [0.15, 0.2) is 5.96 Å². The van der Waals surface area contributed by atoms with Gasteiger partial charge in [-0.25, -0.2) is 13.1 Å². The van der Waals surface area contributed by atoms with Crippen molar-refractivity contribution in [1.82, 2.24) is 14.9 Å². The second kappa shape index (κ2) is 11.1. The van der Waals surface area contributed by atoms with Crippen LogP contribution < -0.4 is 10.0 Å². The first-order valence-electron chi connectivity index (χ1n) is 9.60. The minimum atomic E-state index is -3.46. The van der Waals surface area contributed by atoms with Crippen LogP contribution in [-0.2, 0) is 21.3 Å². The largest absolute Gasteiger partial charge is 0.370 e. The number of nitrogens with zero attached hydrogens (tertiary/aromatic N) is 2. The predicted octanol–water partition coefficient (Wildman–Crippen LogP) is 2.67. The zero-order valence-corrected chi connectivity index (χ0v) is 20.6. The van der Waals surface area contributed by atoms with E-state index in [-0.39, 0.29) is 35.0 Å². The summed E-state index contributed by atoms with van der Waals surface area (Å²) in [6.07, 6.45) is -0.00685. The average Bonchev–Trinajstić information content (AvgIpc) is 2.75. The molecule has 1 aliphatic rings. The van der Waals surface area contributed by atoms with Gasteiger partial charge in [0.05, 0.1) is 18.0 Å². The summed E-state index contributed by atoms with van der Waals surface area (Å²) >= 11 is 0. The van der Waals surface area contributed by atoms with Crippen molar-refractivity contribution in [1.29, 1.82) is 0 Å². The van der Waals surface area contributed by atoms with E-state index in [1.165, 1.54) is 18.2 Å². The van der Waals surface area contributed by atoms with Crippen molar-refractivity contribution < 1.29 is 13.2 Å². The number of ether oxygens (including phenoxy) is 1. The van der Waals surface area contributed by atoms with Crippen molar-refractivity contribution >= 4 is 40.0 Å². The maximum atomic E-state index is 12.0. The number of sulfonamides is 1. The Morgan fingerprint density at radius 2 is 2.00 bits per heavy atom. The molecule has 0 bridgehead atoms. The summed E-state index contributed by atoms with van der Waals surface area (Å²) in [7, 11) is -0.302. The number of nitrogens with one attached hydrogen (secondary N) is 2. The monoisotopic (exact) mass is 544 g/mol. The Hall–Kier alpha value is -1.69. The lowest BCUT2D eigenvalue weighted by Gasteiger charge is -2.35. The maximum absolute atomic E-state index is 12.0. The van der Waals surface area contributed by atoms with E-state index in [1.807, 2.05) is 18.2 Å². The van der Waals surface area contributed by atoms with Crippen molar-refractivity contribution in [2.45, 2.75) is 24.5 Å². The Morgan fingerprint density at radius 3 is 2.70 bits per heavy atom. The average molecular weight is 544 g/mol. The van der Waals surface area contributed by atoms with Gasteiger partial charge in [0.1, 0.15) is 6.10 Å². The van der Waals surface area contributed by atoms with Gasteiger partial charge in [-0.1, -0.05) is 36.4 Å². The minimum Gasteiger partial charge on any atom is -0.370 e. The zero-order chi connectivity index (χ0) is 20.9. The first-order valence-corrected chi connectivity index (χ1v) is 11.1. The van der Waals surface area contributed by atoms with Crippen molar-refractivity contribution in [3.05, 3.63) is 65.2 Å². The molecule has 164 valence electrons. The number of guanidine groups is 1. The molecule has 2 N–H and O–H groups in total. The van der Waals surface area contributed by atoms with Crippen molar-refractivity contribution in [2.75, 3.05) is 33.8 Å². The fourth-order valence-electron chi connectivity index (χ4n) is 3.43.